The Balaban J connectivity index is 1.62. The van der Waals surface area contributed by atoms with E-state index in [0.29, 0.717) is 23.2 Å². The van der Waals surface area contributed by atoms with Gasteiger partial charge in [0.25, 0.3) is 0 Å². The number of hydrogen-bond donors (Lipinski definition) is 1. The molecule has 5 rings (SSSR count). The van der Waals surface area contributed by atoms with Gasteiger partial charge in [-0.2, -0.15) is 10.3 Å². The van der Waals surface area contributed by atoms with Crippen molar-refractivity contribution >= 4 is 11.6 Å². The van der Waals surface area contributed by atoms with Crippen molar-refractivity contribution in [3.8, 4) is 28.3 Å². The highest BCUT2D eigenvalue weighted by Gasteiger charge is 2.20. The maximum Gasteiger partial charge on any atom is 0.334 e. The van der Waals surface area contributed by atoms with Crippen molar-refractivity contribution in [2.45, 2.75) is 32.7 Å². The number of hydrogen-bond acceptors (Lipinski definition) is 6. The van der Waals surface area contributed by atoms with Gasteiger partial charge in [-0.05, 0) is 40.8 Å². The number of tetrazole rings is 1. The number of aryl methyl sites for hydroxylation is 2. The first kappa shape index (κ1) is 22.7. The molecule has 1 N–H and O–H groups in total. The van der Waals surface area contributed by atoms with Crippen LogP contribution in [0.3, 0.4) is 0 Å². The third-order valence-corrected chi connectivity index (χ3v) is 6.24. The summed E-state index contributed by atoms with van der Waals surface area (Å²) >= 11 is 6.37. The van der Waals surface area contributed by atoms with Crippen LogP contribution in [0, 0.1) is 0 Å². The molecule has 0 aliphatic heterocycles. The van der Waals surface area contributed by atoms with Gasteiger partial charge in [-0.1, -0.05) is 49.2 Å². The average molecular weight is 490 g/mol. The van der Waals surface area contributed by atoms with Gasteiger partial charge in [-0.15, -0.1) is 10.2 Å². The molecular weight excluding hydrogens is 466 g/mol. The Hall–Kier alpha value is -4.05. The molecule has 0 spiro atoms. The molecule has 0 amide bonds. The van der Waals surface area contributed by atoms with Crippen LogP contribution in [0.2, 0.25) is 5.02 Å². The Morgan fingerprint density at radius 2 is 1.91 bits per heavy atom. The van der Waals surface area contributed by atoms with Gasteiger partial charge in [0, 0.05) is 36.9 Å². The fraction of sp³-hybridized carbons (Fsp3) is 0.250. The van der Waals surface area contributed by atoms with E-state index in [-0.39, 0.29) is 5.69 Å². The number of nitrogens with one attached hydrogen (secondary N) is 1. The lowest BCUT2D eigenvalue weighted by atomic mass is 9.96. The Morgan fingerprint density at radius 3 is 2.63 bits per heavy atom. The highest BCUT2D eigenvalue weighted by Crippen LogP contribution is 2.32. The normalized spacial score (nSPS) is 11.3. The number of benzene rings is 1. The lowest BCUT2D eigenvalue weighted by Crippen LogP contribution is -2.26. The van der Waals surface area contributed by atoms with E-state index in [4.69, 9.17) is 11.6 Å². The molecule has 0 bridgehead atoms. The third kappa shape index (κ3) is 4.28. The fourth-order valence-electron chi connectivity index (χ4n) is 4.26. The minimum Gasteiger partial charge on any atom is -0.291 e. The molecule has 10 nitrogen and oxygen atoms in total. The first-order valence-corrected chi connectivity index (χ1v) is 11.7. The summed E-state index contributed by atoms with van der Waals surface area (Å²) in [7, 11) is 1.77. The molecule has 0 saturated heterocycles. The van der Waals surface area contributed by atoms with E-state index in [0.717, 1.165) is 47.2 Å². The van der Waals surface area contributed by atoms with Gasteiger partial charge in [0.05, 0.1) is 12.7 Å². The zero-order valence-electron chi connectivity index (χ0n) is 19.4. The quantitative estimate of drug-likeness (QED) is 0.356. The summed E-state index contributed by atoms with van der Waals surface area (Å²) in [6, 6.07) is 9.79. The standard InChI is InChI=1S/C24H24ClN9O/c1-3-4-7-17-15-34(23-21(25)13-27-32(23)2)24(35)33(17)14-16-12-26-11-10-18(16)19-8-5-6-9-20(19)22-28-30-31-29-22/h5-6,8-13,15H,3-4,7,14H2,1-2H3,(H,28,29,30,31). The number of nitrogens with zero attached hydrogens (tertiary/aromatic N) is 8. The summed E-state index contributed by atoms with van der Waals surface area (Å²) in [6.45, 7) is 2.48. The maximum absolute atomic E-state index is 13.6. The molecule has 0 aliphatic rings. The fourth-order valence-corrected chi connectivity index (χ4v) is 4.51. The lowest BCUT2D eigenvalue weighted by molar-refractivity contribution is 0.664. The molecule has 0 aliphatic carbocycles. The molecular formula is C24H24ClN9O. The topological polar surface area (TPSA) is 112 Å². The Morgan fingerprint density at radius 1 is 1.09 bits per heavy atom. The zero-order chi connectivity index (χ0) is 24.4. The second-order valence-electron chi connectivity index (χ2n) is 8.22. The molecule has 178 valence electrons. The van der Waals surface area contributed by atoms with Crippen molar-refractivity contribution in [1.82, 2.24) is 44.5 Å². The molecule has 0 radical (unpaired) electrons. The molecule has 35 heavy (non-hydrogen) atoms. The maximum atomic E-state index is 13.6. The first-order valence-electron chi connectivity index (χ1n) is 11.3. The van der Waals surface area contributed by atoms with Crippen molar-refractivity contribution < 1.29 is 0 Å². The number of pyridine rings is 1. The van der Waals surface area contributed by atoms with E-state index in [2.05, 4.69) is 37.6 Å². The van der Waals surface area contributed by atoms with Crippen LogP contribution in [0.15, 0.2) is 59.9 Å². The Labute approximate surface area is 206 Å². The SMILES string of the molecule is CCCCc1cn(-c2c(Cl)cnn2C)c(=O)n1Cc1cnccc1-c1ccccc1-c1nn[nH]n1. The van der Waals surface area contributed by atoms with Crippen LogP contribution >= 0.6 is 11.6 Å². The first-order chi connectivity index (χ1) is 17.1. The van der Waals surface area contributed by atoms with E-state index in [9.17, 15) is 4.79 Å². The second-order valence-corrected chi connectivity index (χ2v) is 8.62. The van der Waals surface area contributed by atoms with Crippen LogP contribution < -0.4 is 5.69 Å². The molecule has 0 saturated carbocycles. The molecule has 11 heteroatoms. The van der Waals surface area contributed by atoms with E-state index in [1.165, 1.54) is 0 Å². The number of aromatic nitrogens is 9. The lowest BCUT2D eigenvalue weighted by Gasteiger charge is -2.13. The molecule has 0 unspecified atom stereocenters. The van der Waals surface area contributed by atoms with Gasteiger partial charge in [-0.25, -0.2) is 4.79 Å². The third-order valence-electron chi connectivity index (χ3n) is 5.98. The highest BCUT2D eigenvalue weighted by molar-refractivity contribution is 6.32. The minimum atomic E-state index is -0.178. The number of aromatic amines is 1. The smallest absolute Gasteiger partial charge is 0.291 e. The highest BCUT2D eigenvalue weighted by atomic mass is 35.5. The molecule has 0 fully saturated rings. The molecule has 1 aromatic carbocycles. The number of halogens is 1. The van der Waals surface area contributed by atoms with Crippen molar-refractivity contribution in [3.05, 3.63) is 81.9 Å². The minimum absolute atomic E-state index is 0.178. The van der Waals surface area contributed by atoms with Gasteiger partial charge >= 0.3 is 5.69 Å². The summed E-state index contributed by atoms with van der Waals surface area (Å²) in [5.74, 6) is 1.04. The van der Waals surface area contributed by atoms with Gasteiger partial charge in [0.2, 0.25) is 5.82 Å². The Kier molecular flexibility index (Phi) is 6.28. The van der Waals surface area contributed by atoms with Crippen molar-refractivity contribution in [2.24, 2.45) is 7.05 Å². The van der Waals surface area contributed by atoms with Crippen LogP contribution in [0.4, 0.5) is 0 Å². The van der Waals surface area contributed by atoms with Crippen LogP contribution in [-0.2, 0) is 20.0 Å². The Bertz CT molecular complexity index is 1490. The van der Waals surface area contributed by atoms with Gasteiger partial charge < -0.3 is 0 Å². The molecule has 0 atom stereocenters. The number of unbranched alkanes of at least 4 members (excludes halogenated alkanes) is 1. The summed E-state index contributed by atoms with van der Waals surface area (Å²) in [5.41, 5.74) is 4.37. The van der Waals surface area contributed by atoms with Crippen LogP contribution in [0.1, 0.15) is 31.0 Å². The van der Waals surface area contributed by atoms with Crippen molar-refractivity contribution in [3.63, 3.8) is 0 Å². The van der Waals surface area contributed by atoms with Gasteiger partial charge in [0.1, 0.15) is 5.02 Å². The summed E-state index contributed by atoms with van der Waals surface area (Å²) in [6.07, 6.45) is 9.69. The number of imidazole rings is 1. The van der Waals surface area contributed by atoms with E-state index >= 15 is 0 Å². The monoisotopic (exact) mass is 489 g/mol. The molecule has 4 heterocycles. The summed E-state index contributed by atoms with van der Waals surface area (Å²) in [5, 5.41) is 19.1. The predicted octanol–water partition coefficient (Wildman–Crippen LogP) is 3.66. The van der Waals surface area contributed by atoms with E-state index in [1.807, 2.05) is 36.5 Å². The van der Waals surface area contributed by atoms with Gasteiger partial charge in [0.15, 0.2) is 5.82 Å². The van der Waals surface area contributed by atoms with E-state index in [1.54, 1.807) is 39.5 Å². The largest absolute Gasteiger partial charge is 0.334 e. The summed E-state index contributed by atoms with van der Waals surface area (Å²) < 4.78 is 4.97. The number of H-pyrrole nitrogens is 1. The van der Waals surface area contributed by atoms with Crippen LogP contribution in [0.25, 0.3) is 28.3 Å². The molecule has 5 aromatic rings. The average Bonchev–Trinajstić information content (AvgIpc) is 3.59. The van der Waals surface area contributed by atoms with Crippen LogP contribution in [-0.4, -0.2) is 44.5 Å². The number of rotatable bonds is 8. The van der Waals surface area contributed by atoms with E-state index < -0.39 is 0 Å². The zero-order valence-corrected chi connectivity index (χ0v) is 20.1. The second kappa shape index (κ2) is 9.67. The van der Waals surface area contributed by atoms with Crippen molar-refractivity contribution in [1.29, 1.82) is 0 Å². The predicted molar refractivity (Wildman–Crippen MR) is 132 cm³/mol. The van der Waals surface area contributed by atoms with Crippen molar-refractivity contribution in [2.75, 3.05) is 0 Å². The molecule has 4 aromatic heterocycles. The van der Waals surface area contributed by atoms with Gasteiger partial charge in [-0.3, -0.25) is 18.8 Å². The summed E-state index contributed by atoms with van der Waals surface area (Å²) in [4.78, 5) is 18.0. The van der Waals surface area contributed by atoms with Crippen LogP contribution in [0.5, 0.6) is 0 Å².